The minimum absolute atomic E-state index is 0.0911. The van der Waals surface area contributed by atoms with E-state index in [2.05, 4.69) is 15.3 Å². The molecule has 0 fully saturated rings. The van der Waals surface area contributed by atoms with Crippen LogP contribution in [-0.2, 0) is 12.8 Å². The van der Waals surface area contributed by atoms with Crippen molar-refractivity contribution in [2.75, 3.05) is 5.32 Å². The fourth-order valence-corrected chi connectivity index (χ4v) is 3.89. The normalized spacial score (nSPS) is 13.5. The van der Waals surface area contributed by atoms with Crippen molar-refractivity contribution in [3.63, 3.8) is 0 Å². The number of H-pyrrole nitrogens is 2. The van der Waals surface area contributed by atoms with Crippen LogP contribution in [0, 0.1) is 0 Å². The summed E-state index contributed by atoms with van der Waals surface area (Å²) >= 11 is 1.58. The smallest absolute Gasteiger partial charge is 0.321 e. The minimum Gasteiger partial charge on any atom is -0.321 e. The van der Waals surface area contributed by atoms with Crippen molar-refractivity contribution in [3.05, 3.63) is 50.1 Å². The van der Waals surface area contributed by atoms with E-state index in [9.17, 15) is 9.59 Å². The Hall–Kier alpha value is -2.34. The van der Waals surface area contributed by atoms with E-state index in [1.165, 1.54) is 16.9 Å². The number of aromatic amines is 2. The third kappa shape index (κ3) is 2.17. The van der Waals surface area contributed by atoms with Crippen LogP contribution in [0.25, 0.3) is 11.0 Å². The molecule has 106 valence electrons. The summed E-state index contributed by atoms with van der Waals surface area (Å²) in [6.07, 6.45) is 3.36. The van der Waals surface area contributed by atoms with Crippen molar-refractivity contribution in [2.45, 2.75) is 19.3 Å². The van der Waals surface area contributed by atoms with Gasteiger partial charge >= 0.3 is 5.69 Å². The number of rotatable bonds is 2. The van der Waals surface area contributed by atoms with Crippen LogP contribution in [0.5, 0.6) is 0 Å². The maximum absolute atomic E-state index is 12.3. The molecule has 0 unspecified atom stereocenters. The highest BCUT2D eigenvalue weighted by atomic mass is 32.1. The standard InChI is InChI=1S/C15H13N3O2S/c19-14(13-6-8-2-1-3-12(8)21-13)16-9-4-5-10-11(7-9)18-15(20)17-10/h4-7H,1-3H2,(H,16,19)(H2,17,18,20). The molecule has 0 radical (unpaired) electrons. The molecular weight excluding hydrogens is 286 g/mol. The Balaban J connectivity index is 1.60. The number of aryl methyl sites for hydroxylation is 2. The van der Waals surface area contributed by atoms with E-state index in [0.717, 1.165) is 23.2 Å². The molecule has 5 nitrogen and oxygen atoms in total. The molecule has 3 N–H and O–H groups in total. The second-order valence-electron chi connectivity index (χ2n) is 5.21. The van der Waals surface area contributed by atoms with Crippen LogP contribution in [0.4, 0.5) is 5.69 Å². The van der Waals surface area contributed by atoms with Gasteiger partial charge in [-0.25, -0.2) is 4.79 Å². The Bertz CT molecular complexity index is 882. The topological polar surface area (TPSA) is 77.8 Å². The summed E-state index contributed by atoms with van der Waals surface area (Å²) < 4.78 is 0. The van der Waals surface area contributed by atoms with Gasteiger partial charge in [0.1, 0.15) is 0 Å². The third-order valence-electron chi connectivity index (χ3n) is 3.74. The van der Waals surface area contributed by atoms with Gasteiger partial charge in [-0.15, -0.1) is 11.3 Å². The van der Waals surface area contributed by atoms with Crippen molar-refractivity contribution in [3.8, 4) is 0 Å². The third-order valence-corrected chi connectivity index (χ3v) is 4.98. The number of carbonyl (C=O) groups excluding carboxylic acids is 1. The molecule has 0 spiro atoms. The first-order chi connectivity index (χ1) is 10.2. The van der Waals surface area contributed by atoms with Crippen LogP contribution >= 0.6 is 11.3 Å². The molecule has 0 bridgehead atoms. The number of hydrogen-bond acceptors (Lipinski definition) is 3. The molecule has 0 atom stereocenters. The zero-order valence-corrected chi connectivity index (χ0v) is 12.0. The average Bonchev–Trinajstić information content (AvgIpc) is 3.09. The highest BCUT2D eigenvalue weighted by Gasteiger charge is 2.18. The van der Waals surface area contributed by atoms with E-state index in [4.69, 9.17) is 0 Å². The minimum atomic E-state index is -0.247. The van der Waals surface area contributed by atoms with Gasteiger partial charge < -0.3 is 15.3 Å². The number of nitrogens with one attached hydrogen (secondary N) is 3. The maximum atomic E-state index is 12.3. The summed E-state index contributed by atoms with van der Waals surface area (Å²) in [5, 5.41) is 2.88. The van der Waals surface area contributed by atoms with Crippen LogP contribution in [0.1, 0.15) is 26.5 Å². The summed E-state index contributed by atoms with van der Waals surface area (Å²) in [4.78, 5) is 31.0. The fraction of sp³-hybridized carbons (Fsp3) is 0.200. The van der Waals surface area contributed by atoms with Crippen molar-refractivity contribution < 1.29 is 4.79 Å². The predicted molar refractivity (Wildman–Crippen MR) is 83.2 cm³/mol. The molecule has 0 saturated carbocycles. The average molecular weight is 299 g/mol. The molecule has 3 aromatic rings. The van der Waals surface area contributed by atoms with E-state index < -0.39 is 0 Å². The lowest BCUT2D eigenvalue weighted by molar-refractivity contribution is 0.103. The van der Waals surface area contributed by atoms with Gasteiger partial charge in [-0.05, 0) is 49.1 Å². The first kappa shape index (κ1) is 12.4. The molecule has 1 aliphatic rings. The van der Waals surface area contributed by atoms with E-state index in [0.29, 0.717) is 11.2 Å². The second-order valence-corrected chi connectivity index (χ2v) is 6.34. The van der Waals surface area contributed by atoms with E-state index >= 15 is 0 Å². The number of aromatic nitrogens is 2. The monoisotopic (exact) mass is 299 g/mol. The van der Waals surface area contributed by atoms with E-state index in [1.54, 1.807) is 29.5 Å². The maximum Gasteiger partial charge on any atom is 0.323 e. The number of anilines is 1. The number of amides is 1. The van der Waals surface area contributed by atoms with Gasteiger partial charge in [0.25, 0.3) is 5.91 Å². The Labute approximate surface area is 124 Å². The van der Waals surface area contributed by atoms with E-state index in [-0.39, 0.29) is 11.6 Å². The Morgan fingerprint density at radius 2 is 2.00 bits per heavy atom. The molecule has 21 heavy (non-hydrogen) atoms. The molecule has 1 amide bonds. The van der Waals surface area contributed by atoms with Crippen LogP contribution in [-0.4, -0.2) is 15.9 Å². The summed E-state index contributed by atoms with van der Waals surface area (Å²) in [6.45, 7) is 0. The molecule has 2 aromatic heterocycles. The van der Waals surface area contributed by atoms with Gasteiger partial charge in [0, 0.05) is 10.6 Å². The van der Waals surface area contributed by atoms with Crippen LogP contribution in [0.2, 0.25) is 0 Å². The largest absolute Gasteiger partial charge is 0.323 e. The molecule has 0 aliphatic heterocycles. The zero-order valence-electron chi connectivity index (χ0n) is 11.2. The van der Waals surface area contributed by atoms with Gasteiger partial charge in [0.15, 0.2) is 0 Å². The number of benzene rings is 1. The first-order valence-corrected chi connectivity index (χ1v) is 7.66. The second kappa shape index (κ2) is 4.60. The number of imidazole rings is 1. The SMILES string of the molecule is O=C(Nc1ccc2[nH]c(=O)[nH]c2c1)c1cc2c(s1)CCC2. The number of carbonyl (C=O) groups is 1. The molecule has 2 heterocycles. The molecular formula is C15H13N3O2S. The van der Waals surface area contributed by atoms with Gasteiger partial charge in [-0.1, -0.05) is 0 Å². The van der Waals surface area contributed by atoms with Gasteiger partial charge in [0.2, 0.25) is 0 Å². The first-order valence-electron chi connectivity index (χ1n) is 6.84. The molecule has 0 saturated heterocycles. The van der Waals surface area contributed by atoms with Gasteiger partial charge in [0.05, 0.1) is 15.9 Å². The summed E-state index contributed by atoms with van der Waals surface area (Å²) in [5.74, 6) is -0.0911. The molecule has 4 rings (SSSR count). The number of hydrogen-bond donors (Lipinski definition) is 3. The van der Waals surface area contributed by atoms with Gasteiger partial charge in [-0.3, -0.25) is 4.79 Å². The highest BCUT2D eigenvalue weighted by Crippen LogP contribution is 2.31. The van der Waals surface area contributed by atoms with Crippen molar-refractivity contribution in [1.29, 1.82) is 0 Å². The lowest BCUT2D eigenvalue weighted by atomic mass is 10.2. The summed E-state index contributed by atoms with van der Waals surface area (Å²) in [5.41, 5.74) is 3.16. The number of fused-ring (bicyclic) bond motifs is 2. The lowest BCUT2D eigenvalue weighted by Crippen LogP contribution is -2.10. The van der Waals surface area contributed by atoms with Crippen molar-refractivity contribution in [1.82, 2.24) is 9.97 Å². The lowest BCUT2D eigenvalue weighted by Gasteiger charge is -2.03. The van der Waals surface area contributed by atoms with Crippen LogP contribution in [0.3, 0.4) is 0 Å². The van der Waals surface area contributed by atoms with Crippen molar-refractivity contribution in [2.24, 2.45) is 0 Å². The van der Waals surface area contributed by atoms with E-state index in [1.807, 2.05) is 6.07 Å². The Morgan fingerprint density at radius 1 is 1.14 bits per heavy atom. The number of thiophene rings is 1. The highest BCUT2D eigenvalue weighted by molar-refractivity contribution is 7.14. The fourth-order valence-electron chi connectivity index (χ4n) is 2.74. The summed E-state index contributed by atoms with van der Waals surface area (Å²) in [7, 11) is 0. The predicted octanol–water partition coefficient (Wildman–Crippen LogP) is 2.66. The quantitative estimate of drug-likeness (QED) is 0.680. The molecule has 1 aromatic carbocycles. The molecule has 6 heteroatoms. The van der Waals surface area contributed by atoms with Gasteiger partial charge in [-0.2, -0.15) is 0 Å². The Kier molecular flexibility index (Phi) is 2.71. The van der Waals surface area contributed by atoms with Crippen molar-refractivity contribution >= 4 is 34.0 Å². The zero-order chi connectivity index (χ0) is 14.4. The van der Waals surface area contributed by atoms with Crippen LogP contribution < -0.4 is 11.0 Å². The summed E-state index contributed by atoms with van der Waals surface area (Å²) in [6, 6.07) is 7.31. The molecule has 1 aliphatic carbocycles. The van der Waals surface area contributed by atoms with Crippen LogP contribution in [0.15, 0.2) is 29.1 Å². The Morgan fingerprint density at radius 3 is 2.86 bits per heavy atom.